The molecule has 0 aliphatic heterocycles. The predicted octanol–water partition coefficient (Wildman–Crippen LogP) is 1.34. The van der Waals surface area contributed by atoms with Gasteiger partial charge in [0.2, 0.25) is 0 Å². The van der Waals surface area contributed by atoms with Crippen LogP contribution >= 0.6 is 0 Å². The molecule has 0 spiro atoms. The van der Waals surface area contributed by atoms with Crippen molar-refractivity contribution in [1.29, 1.82) is 0 Å². The number of carboxylic acids is 1. The van der Waals surface area contributed by atoms with Gasteiger partial charge in [0.15, 0.2) is 0 Å². The minimum absolute atomic E-state index is 0.131. The van der Waals surface area contributed by atoms with Gasteiger partial charge in [0, 0.05) is 13.7 Å². The van der Waals surface area contributed by atoms with Gasteiger partial charge in [-0.1, -0.05) is 0 Å². The number of imidazole rings is 1. The highest BCUT2D eigenvalue weighted by Crippen LogP contribution is 2.16. The van der Waals surface area contributed by atoms with Crippen LogP contribution in [0, 0.1) is 6.92 Å². The van der Waals surface area contributed by atoms with Crippen molar-refractivity contribution in [2.75, 3.05) is 7.11 Å². The fraction of sp³-hybridized carbons (Fsp3) is 0.667. The lowest BCUT2D eigenvalue weighted by molar-refractivity contribution is -0.138. The maximum absolute atomic E-state index is 9.57. The SMILES string of the molecule is CC(N)C(=O)O.CCn1c(C(C)OC)cnc1C. The fourth-order valence-corrected chi connectivity index (χ4v) is 1.34. The van der Waals surface area contributed by atoms with Crippen LogP contribution in [0.25, 0.3) is 0 Å². The van der Waals surface area contributed by atoms with Gasteiger partial charge >= 0.3 is 5.97 Å². The molecule has 1 rings (SSSR count). The Balaban J connectivity index is 0.000000411. The molecule has 2 atom stereocenters. The zero-order chi connectivity index (χ0) is 14.3. The van der Waals surface area contributed by atoms with Gasteiger partial charge in [-0.25, -0.2) is 4.98 Å². The molecule has 0 aliphatic rings. The molecule has 0 saturated carbocycles. The fourth-order valence-electron chi connectivity index (χ4n) is 1.34. The second-order valence-corrected chi connectivity index (χ2v) is 3.98. The van der Waals surface area contributed by atoms with Crippen LogP contribution in [-0.4, -0.2) is 33.8 Å². The molecule has 1 aromatic heterocycles. The van der Waals surface area contributed by atoms with E-state index >= 15 is 0 Å². The van der Waals surface area contributed by atoms with E-state index in [2.05, 4.69) is 16.5 Å². The molecule has 6 heteroatoms. The number of aryl methyl sites for hydroxylation is 1. The average molecular weight is 257 g/mol. The second-order valence-electron chi connectivity index (χ2n) is 3.98. The van der Waals surface area contributed by atoms with Crippen molar-refractivity contribution in [3.05, 3.63) is 17.7 Å². The molecule has 0 fully saturated rings. The number of hydrogen-bond acceptors (Lipinski definition) is 4. The first-order valence-electron chi connectivity index (χ1n) is 5.88. The molecule has 0 radical (unpaired) electrons. The van der Waals surface area contributed by atoms with Crippen molar-refractivity contribution in [2.45, 2.75) is 46.4 Å². The summed E-state index contributed by atoms with van der Waals surface area (Å²) in [7, 11) is 1.72. The number of rotatable bonds is 4. The van der Waals surface area contributed by atoms with E-state index in [1.165, 1.54) is 6.92 Å². The smallest absolute Gasteiger partial charge is 0.320 e. The Morgan fingerprint density at radius 3 is 2.44 bits per heavy atom. The molecule has 1 aromatic rings. The van der Waals surface area contributed by atoms with Gasteiger partial charge in [-0.2, -0.15) is 0 Å². The summed E-state index contributed by atoms with van der Waals surface area (Å²) in [4.78, 5) is 13.8. The lowest BCUT2D eigenvalue weighted by atomic mass is 10.3. The Labute approximate surface area is 108 Å². The molecule has 0 saturated heterocycles. The Morgan fingerprint density at radius 1 is 1.61 bits per heavy atom. The number of nitrogens with two attached hydrogens (primary N) is 1. The van der Waals surface area contributed by atoms with Crippen LogP contribution in [-0.2, 0) is 16.1 Å². The summed E-state index contributed by atoms with van der Waals surface area (Å²) in [6.07, 6.45) is 2.01. The Morgan fingerprint density at radius 2 is 2.11 bits per heavy atom. The highest BCUT2D eigenvalue weighted by molar-refractivity contribution is 5.72. The first kappa shape index (κ1) is 16.6. The van der Waals surface area contributed by atoms with Crippen LogP contribution in [0.3, 0.4) is 0 Å². The van der Waals surface area contributed by atoms with E-state index in [1.54, 1.807) is 7.11 Å². The van der Waals surface area contributed by atoms with Gasteiger partial charge in [-0.15, -0.1) is 0 Å². The Hall–Kier alpha value is -1.40. The zero-order valence-electron chi connectivity index (χ0n) is 11.7. The molecule has 2 unspecified atom stereocenters. The number of methoxy groups -OCH3 is 1. The maximum Gasteiger partial charge on any atom is 0.320 e. The summed E-state index contributed by atoms with van der Waals surface area (Å²) in [5.74, 6) is 0.0893. The van der Waals surface area contributed by atoms with Crippen molar-refractivity contribution in [3.63, 3.8) is 0 Å². The normalized spacial score (nSPS) is 13.4. The number of nitrogens with zero attached hydrogens (tertiary/aromatic N) is 2. The van der Waals surface area contributed by atoms with E-state index < -0.39 is 12.0 Å². The first-order chi connectivity index (χ1) is 8.34. The summed E-state index contributed by atoms with van der Waals surface area (Å²) in [5, 5.41) is 7.87. The summed E-state index contributed by atoms with van der Waals surface area (Å²) in [5.41, 5.74) is 5.99. The van der Waals surface area contributed by atoms with Gasteiger partial charge in [0.05, 0.1) is 18.0 Å². The van der Waals surface area contributed by atoms with Gasteiger partial charge in [-0.05, 0) is 27.7 Å². The van der Waals surface area contributed by atoms with Crippen molar-refractivity contribution in [1.82, 2.24) is 9.55 Å². The van der Waals surface area contributed by atoms with Crippen LogP contribution in [0.2, 0.25) is 0 Å². The summed E-state index contributed by atoms with van der Waals surface area (Å²) < 4.78 is 7.39. The van der Waals surface area contributed by atoms with Crippen molar-refractivity contribution in [2.24, 2.45) is 5.73 Å². The first-order valence-corrected chi connectivity index (χ1v) is 5.88. The van der Waals surface area contributed by atoms with Crippen molar-refractivity contribution in [3.8, 4) is 0 Å². The minimum Gasteiger partial charge on any atom is -0.480 e. The zero-order valence-corrected chi connectivity index (χ0v) is 11.7. The second kappa shape index (κ2) is 7.84. The monoisotopic (exact) mass is 257 g/mol. The predicted molar refractivity (Wildman–Crippen MR) is 69.3 cm³/mol. The Kier molecular flexibility index (Phi) is 7.23. The van der Waals surface area contributed by atoms with Crippen molar-refractivity contribution >= 4 is 5.97 Å². The van der Waals surface area contributed by atoms with Gasteiger partial charge < -0.3 is 20.1 Å². The number of carboxylic acid groups (broad SMARTS) is 1. The molecule has 1 heterocycles. The summed E-state index contributed by atoms with van der Waals surface area (Å²) >= 11 is 0. The third-order valence-electron chi connectivity index (χ3n) is 2.56. The molecular weight excluding hydrogens is 234 g/mol. The van der Waals surface area contributed by atoms with E-state index in [9.17, 15) is 4.79 Å². The summed E-state index contributed by atoms with van der Waals surface area (Å²) in [6.45, 7) is 8.52. The van der Waals surface area contributed by atoms with Crippen LogP contribution in [0.5, 0.6) is 0 Å². The van der Waals surface area contributed by atoms with E-state index in [0.29, 0.717) is 0 Å². The van der Waals surface area contributed by atoms with E-state index in [4.69, 9.17) is 15.6 Å². The molecule has 0 aromatic carbocycles. The molecule has 6 nitrogen and oxygen atoms in total. The third kappa shape index (κ3) is 4.85. The molecule has 3 N–H and O–H groups in total. The van der Waals surface area contributed by atoms with Crippen LogP contribution in [0.15, 0.2) is 6.20 Å². The number of aromatic nitrogens is 2. The van der Waals surface area contributed by atoms with Crippen LogP contribution < -0.4 is 5.73 Å². The average Bonchev–Trinajstić information content (AvgIpc) is 2.70. The lowest BCUT2D eigenvalue weighted by Gasteiger charge is -2.12. The highest BCUT2D eigenvalue weighted by Gasteiger charge is 2.10. The molecule has 104 valence electrons. The Bertz CT molecular complexity index is 375. The van der Waals surface area contributed by atoms with Crippen LogP contribution in [0.4, 0.5) is 0 Å². The van der Waals surface area contributed by atoms with Gasteiger partial charge in [0.25, 0.3) is 0 Å². The molecule has 0 amide bonds. The quantitative estimate of drug-likeness (QED) is 0.849. The van der Waals surface area contributed by atoms with Gasteiger partial charge in [-0.3, -0.25) is 4.79 Å². The number of aliphatic carboxylic acids is 1. The summed E-state index contributed by atoms with van der Waals surface area (Å²) in [6, 6.07) is -0.731. The maximum atomic E-state index is 9.57. The van der Waals surface area contributed by atoms with Crippen LogP contribution in [0.1, 0.15) is 38.4 Å². The molecular formula is C12H23N3O3. The topological polar surface area (TPSA) is 90.4 Å². The van der Waals surface area contributed by atoms with Gasteiger partial charge in [0.1, 0.15) is 11.9 Å². The van der Waals surface area contributed by atoms with E-state index in [-0.39, 0.29) is 6.10 Å². The number of hydrogen-bond donors (Lipinski definition) is 2. The van der Waals surface area contributed by atoms with E-state index in [0.717, 1.165) is 18.1 Å². The number of ether oxygens (including phenoxy) is 1. The number of carbonyl (C=O) groups is 1. The van der Waals surface area contributed by atoms with Crippen molar-refractivity contribution < 1.29 is 14.6 Å². The minimum atomic E-state index is -0.963. The molecule has 0 bridgehead atoms. The van der Waals surface area contributed by atoms with E-state index in [1.807, 2.05) is 20.0 Å². The molecule has 0 aliphatic carbocycles. The largest absolute Gasteiger partial charge is 0.480 e. The standard InChI is InChI=1S/C9H16N2O.C3H7NO2/c1-5-11-8(3)10-6-9(11)7(2)12-4;1-2(4)3(5)6/h6-7H,5H2,1-4H3;2H,4H2,1H3,(H,5,6). The third-order valence-corrected chi connectivity index (χ3v) is 2.56. The molecule has 18 heavy (non-hydrogen) atoms. The lowest BCUT2D eigenvalue weighted by Crippen LogP contribution is -2.25. The highest BCUT2D eigenvalue weighted by atomic mass is 16.5.